The lowest BCUT2D eigenvalue weighted by atomic mass is 10.0. The van der Waals surface area contributed by atoms with Gasteiger partial charge in [-0.05, 0) is 83.5 Å². The molecule has 0 aromatic rings. The van der Waals surface area contributed by atoms with Crippen LogP contribution < -0.4 is 0 Å². The smallest absolute Gasteiger partial charge is 0.306 e. The Morgan fingerprint density at radius 3 is 1.19 bits per heavy atom. The molecule has 1 unspecified atom stereocenters. The van der Waals surface area contributed by atoms with E-state index in [-0.39, 0.29) is 25.2 Å². The third-order valence-electron chi connectivity index (χ3n) is 12.0. The number of carbonyl (C=O) groups is 2. The molecule has 0 heterocycles. The molecule has 372 valence electrons. The molecule has 0 rings (SSSR count). The molecule has 1 atom stereocenters. The molecular weight excluding hydrogens is 789 g/mol. The Morgan fingerprint density at radius 1 is 0.359 bits per heavy atom. The van der Waals surface area contributed by atoms with Gasteiger partial charge in [0.1, 0.15) is 6.61 Å². The Hall–Kier alpha value is -2.40. The van der Waals surface area contributed by atoms with Crippen LogP contribution in [-0.2, 0) is 23.8 Å². The quantitative estimate of drug-likeness (QED) is 0.0346. The Bertz CT molecular complexity index is 1100. The van der Waals surface area contributed by atoms with Crippen LogP contribution in [0.15, 0.2) is 60.8 Å². The Balaban J connectivity index is 4.28. The molecule has 0 saturated heterocycles. The van der Waals surface area contributed by atoms with Gasteiger partial charge in [0, 0.05) is 19.4 Å². The van der Waals surface area contributed by atoms with E-state index >= 15 is 0 Å². The van der Waals surface area contributed by atoms with Gasteiger partial charge in [-0.15, -0.1) is 0 Å². The van der Waals surface area contributed by atoms with Crippen LogP contribution in [0.4, 0.5) is 0 Å². The largest absolute Gasteiger partial charge is 0.462 e. The van der Waals surface area contributed by atoms with E-state index in [2.05, 4.69) is 81.5 Å². The van der Waals surface area contributed by atoms with Gasteiger partial charge in [-0.25, -0.2) is 0 Å². The minimum Gasteiger partial charge on any atom is -0.462 e. The van der Waals surface area contributed by atoms with E-state index in [0.717, 1.165) is 70.6 Å². The summed E-state index contributed by atoms with van der Waals surface area (Å²) in [7, 11) is 0. The number of rotatable bonds is 51. The second kappa shape index (κ2) is 54.9. The molecule has 0 bridgehead atoms. The van der Waals surface area contributed by atoms with Crippen molar-refractivity contribution in [3.05, 3.63) is 60.8 Å². The lowest BCUT2D eigenvalue weighted by molar-refractivity contribution is -0.163. The highest BCUT2D eigenvalue weighted by atomic mass is 16.6. The summed E-state index contributed by atoms with van der Waals surface area (Å²) in [4.78, 5) is 25.5. The van der Waals surface area contributed by atoms with Crippen molar-refractivity contribution in [1.29, 1.82) is 0 Å². The zero-order chi connectivity index (χ0) is 46.3. The summed E-state index contributed by atoms with van der Waals surface area (Å²) in [6.45, 7) is 7.68. The Kier molecular flexibility index (Phi) is 52.9. The maximum absolute atomic E-state index is 12.8. The number of allylic oxidation sites excluding steroid dienone is 10. The van der Waals surface area contributed by atoms with E-state index in [0.29, 0.717) is 19.4 Å². The summed E-state index contributed by atoms with van der Waals surface area (Å²) in [5, 5.41) is 0. The van der Waals surface area contributed by atoms with Gasteiger partial charge >= 0.3 is 11.9 Å². The van der Waals surface area contributed by atoms with Crippen molar-refractivity contribution < 1.29 is 23.8 Å². The zero-order valence-electron chi connectivity index (χ0n) is 42.8. The van der Waals surface area contributed by atoms with Crippen LogP contribution in [0.25, 0.3) is 0 Å². The fourth-order valence-corrected chi connectivity index (χ4v) is 7.91. The Morgan fingerprint density at radius 2 is 0.703 bits per heavy atom. The van der Waals surface area contributed by atoms with Crippen LogP contribution in [-0.4, -0.2) is 37.9 Å². The normalized spacial score (nSPS) is 12.6. The molecule has 0 aliphatic rings. The first kappa shape index (κ1) is 61.6. The second-order valence-electron chi connectivity index (χ2n) is 18.5. The number of esters is 2. The average Bonchev–Trinajstić information content (AvgIpc) is 3.30. The van der Waals surface area contributed by atoms with Gasteiger partial charge in [0.2, 0.25) is 0 Å². The van der Waals surface area contributed by atoms with Crippen molar-refractivity contribution in [2.45, 2.75) is 284 Å². The molecule has 0 fully saturated rings. The van der Waals surface area contributed by atoms with Crippen molar-refractivity contribution in [2.75, 3.05) is 19.8 Å². The fourth-order valence-electron chi connectivity index (χ4n) is 7.91. The van der Waals surface area contributed by atoms with Crippen LogP contribution in [0.3, 0.4) is 0 Å². The van der Waals surface area contributed by atoms with E-state index in [9.17, 15) is 9.59 Å². The number of ether oxygens (including phenoxy) is 3. The average molecular weight is 895 g/mol. The third kappa shape index (κ3) is 52.2. The van der Waals surface area contributed by atoms with E-state index in [4.69, 9.17) is 14.2 Å². The molecular formula is C59H106O5. The standard InChI is InChI=1S/C59H106O5/c1-4-7-10-13-16-19-22-25-28-29-30-31-33-34-37-40-43-46-49-52-58(60)63-56-57(55-62-54-51-48-45-42-39-36-27-24-21-18-15-12-9-6-3)64-59(61)53-50-47-44-41-38-35-32-26-23-20-17-14-11-8-5-2/h8,11,17,20-21,24,26,32,38,41,57H,4-7,9-10,12-16,18-19,22-23,25,27-31,33-37,39-40,42-56H2,1-3H3/b11-8-,20-17-,24-21-,32-26-,41-38-. The van der Waals surface area contributed by atoms with E-state index in [1.54, 1.807) is 0 Å². The molecule has 0 aliphatic heterocycles. The lowest BCUT2D eigenvalue weighted by Gasteiger charge is -2.18. The molecule has 64 heavy (non-hydrogen) atoms. The van der Waals surface area contributed by atoms with Gasteiger partial charge < -0.3 is 14.2 Å². The van der Waals surface area contributed by atoms with Crippen molar-refractivity contribution in [2.24, 2.45) is 0 Å². The van der Waals surface area contributed by atoms with Gasteiger partial charge in [-0.1, -0.05) is 242 Å². The fraction of sp³-hybridized carbons (Fsp3) is 0.797. The summed E-state index contributed by atoms with van der Waals surface area (Å²) in [6.07, 6.45) is 69.6. The van der Waals surface area contributed by atoms with Crippen LogP contribution in [0, 0.1) is 0 Å². The van der Waals surface area contributed by atoms with Crippen molar-refractivity contribution in [3.63, 3.8) is 0 Å². The summed E-state index contributed by atoms with van der Waals surface area (Å²) in [5.74, 6) is -0.437. The second-order valence-corrected chi connectivity index (χ2v) is 18.5. The predicted molar refractivity (Wildman–Crippen MR) is 279 cm³/mol. The maximum Gasteiger partial charge on any atom is 0.306 e. The highest BCUT2D eigenvalue weighted by Crippen LogP contribution is 2.16. The highest BCUT2D eigenvalue weighted by molar-refractivity contribution is 5.70. The molecule has 0 N–H and O–H groups in total. The van der Waals surface area contributed by atoms with Crippen LogP contribution in [0.2, 0.25) is 0 Å². The van der Waals surface area contributed by atoms with E-state index < -0.39 is 6.10 Å². The summed E-state index contributed by atoms with van der Waals surface area (Å²) in [6, 6.07) is 0. The maximum atomic E-state index is 12.8. The minimum atomic E-state index is -0.560. The molecule has 0 aromatic heterocycles. The lowest BCUT2D eigenvalue weighted by Crippen LogP contribution is -2.30. The van der Waals surface area contributed by atoms with E-state index in [1.165, 1.54) is 173 Å². The molecule has 0 saturated carbocycles. The topological polar surface area (TPSA) is 61.8 Å². The van der Waals surface area contributed by atoms with Crippen LogP contribution in [0.5, 0.6) is 0 Å². The van der Waals surface area contributed by atoms with Gasteiger partial charge in [-0.2, -0.15) is 0 Å². The molecule has 0 radical (unpaired) electrons. The molecule has 5 nitrogen and oxygen atoms in total. The summed E-state index contributed by atoms with van der Waals surface area (Å²) < 4.78 is 17.4. The zero-order valence-corrected chi connectivity index (χ0v) is 42.8. The molecule has 0 amide bonds. The first-order chi connectivity index (χ1) is 31.6. The molecule has 0 spiro atoms. The first-order valence-corrected chi connectivity index (χ1v) is 27.8. The summed E-state index contributed by atoms with van der Waals surface area (Å²) in [5.41, 5.74) is 0. The highest BCUT2D eigenvalue weighted by Gasteiger charge is 2.17. The van der Waals surface area contributed by atoms with E-state index in [1.807, 2.05) is 0 Å². The predicted octanol–water partition coefficient (Wildman–Crippen LogP) is 18.9. The number of unbranched alkanes of at least 4 members (excludes halogenated alkanes) is 30. The van der Waals surface area contributed by atoms with Gasteiger partial charge in [0.15, 0.2) is 6.10 Å². The SMILES string of the molecule is CC/C=C\C/C=C\C/C=C\C/C=C\CCCCC(=O)OC(COCCCCCCCC/C=C\CCCCCC)COC(=O)CCCCCCCCCCCCCCCCCCCCC. The van der Waals surface area contributed by atoms with Crippen molar-refractivity contribution in [3.8, 4) is 0 Å². The number of hydrogen-bond acceptors (Lipinski definition) is 5. The molecule has 0 aromatic carbocycles. The first-order valence-electron chi connectivity index (χ1n) is 27.8. The Labute approximate surface area is 398 Å². The molecule has 0 aliphatic carbocycles. The van der Waals surface area contributed by atoms with Crippen LogP contribution >= 0.6 is 0 Å². The third-order valence-corrected chi connectivity index (χ3v) is 12.0. The number of carbonyl (C=O) groups excluding carboxylic acids is 2. The number of hydrogen-bond donors (Lipinski definition) is 0. The van der Waals surface area contributed by atoms with Gasteiger partial charge in [0.05, 0.1) is 6.61 Å². The molecule has 5 heteroatoms. The van der Waals surface area contributed by atoms with Crippen molar-refractivity contribution in [1.82, 2.24) is 0 Å². The monoisotopic (exact) mass is 895 g/mol. The summed E-state index contributed by atoms with van der Waals surface area (Å²) >= 11 is 0. The van der Waals surface area contributed by atoms with Gasteiger partial charge in [0.25, 0.3) is 0 Å². The van der Waals surface area contributed by atoms with Gasteiger partial charge in [-0.3, -0.25) is 9.59 Å². The minimum absolute atomic E-state index is 0.0683. The van der Waals surface area contributed by atoms with Crippen LogP contribution in [0.1, 0.15) is 278 Å². The van der Waals surface area contributed by atoms with Crippen molar-refractivity contribution >= 4 is 11.9 Å².